The first-order valence-electron chi connectivity index (χ1n) is 8.67. The number of hydrogen-bond acceptors (Lipinski definition) is 4. The third-order valence-corrected chi connectivity index (χ3v) is 5.95. The van der Waals surface area contributed by atoms with Gasteiger partial charge in [-0.05, 0) is 42.7 Å². The fourth-order valence-corrected chi connectivity index (χ4v) is 4.34. The maximum absolute atomic E-state index is 12.2. The fraction of sp³-hybridized carbons (Fsp3) is 0.368. The van der Waals surface area contributed by atoms with E-state index in [0.717, 1.165) is 18.4 Å². The zero-order valence-corrected chi connectivity index (χ0v) is 16.9. The number of carbonyl (C=O) groups excluding carboxylic acids is 2. The lowest BCUT2D eigenvalue weighted by atomic mass is 10.0. The molecule has 3 rings (SSSR count). The minimum Gasteiger partial charge on any atom is -0.459 e. The lowest BCUT2D eigenvalue weighted by molar-refractivity contribution is -0.119. The number of likely N-dealkylation sites (tertiary alicyclic amines) is 1. The van der Waals surface area contributed by atoms with Crippen molar-refractivity contribution in [2.75, 3.05) is 18.8 Å². The smallest absolute Gasteiger partial charge is 0.289 e. The molecule has 0 spiro atoms. The van der Waals surface area contributed by atoms with Crippen LogP contribution in [0.25, 0.3) is 0 Å². The number of thioether (sulfide) groups is 1. The van der Waals surface area contributed by atoms with Crippen LogP contribution in [0.4, 0.5) is 0 Å². The molecule has 1 aromatic heterocycles. The molecule has 2 amide bonds. The van der Waals surface area contributed by atoms with E-state index in [1.165, 1.54) is 18.0 Å². The summed E-state index contributed by atoms with van der Waals surface area (Å²) in [6.45, 7) is 1.22. The Balaban J connectivity index is 1.37. The molecule has 1 N–H and O–H groups in total. The number of hydrogen-bond donors (Lipinski definition) is 1. The predicted octanol–water partition coefficient (Wildman–Crippen LogP) is 4.24. The quantitative estimate of drug-likeness (QED) is 0.749. The number of rotatable bonds is 6. The van der Waals surface area contributed by atoms with E-state index < -0.39 is 0 Å². The highest BCUT2D eigenvalue weighted by Crippen LogP contribution is 2.24. The van der Waals surface area contributed by atoms with Crippen LogP contribution in [0, 0.1) is 0 Å². The number of nitrogens with one attached hydrogen (secondary N) is 1. The van der Waals surface area contributed by atoms with Gasteiger partial charge in [0.2, 0.25) is 5.91 Å². The summed E-state index contributed by atoms with van der Waals surface area (Å²) in [5.74, 6) is 1.28. The van der Waals surface area contributed by atoms with Gasteiger partial charge in [0.15, 0.2) is 5.76 Å². The van der Waals surface area contributed by atoms with E-state index in [1.54, 1.807) is 29.2 Å². The Morgan fingerprint density at radius 2 is 2.00 bits per heavy atom. The first-order chi connectivity index (χ1) is 13.0. The zero-order chi connectivity index (χ0) is 19.2. The lowest BCUT2D eigenvalue weighted by Gasteiger charge is -2.31. The molecular weight excluding hydrogens is 407 g/mol. The number of benzene rings is 1. The van der Waals surface area contributed by atoms with Crippen LogP contribution >= 0.6 is 35.0 Å². The molecule has 0 bridgehead atoms. The van der Waals surface area contributed by atoms with Crippen LogP contribution in [0.3, 0.4) is 0 Å². The first-order valence-corrected chi connectivity index (χ1v) is 10.6. The molecule has 1 aliphatic rings. The average Bonchev–Trinajstić information content (AvgIpc) is 3.18. The van der Waals surface area contributed by atoms with Gasteiger partial charge in [-0.15, -0.1) is 11.8 Å². The van der Waals surface area contributed by atoms with Gasteiger partial charge >= 0.3 is 0 Å². The predicted molar refractivity (Wildman–Crippen MR) is 108 cm³/mol. The Kier molecular flexibility index (Phi) is 7.10. The van der Waals surface area contributed by atoms with Crippen LogP contribution in [-0.4, -0.2) is 41.6 Å². The highest BCUT2D eigenvalue weighted by Gasteiger charge is 2.25. The summed E-state index contributed by atoms with van der Waals surface area (Å²) in [7, 11) is 0. The minimum atomic E-state index is -0.0971. The van der Waals surface area contributed by atoms with Gasteiger partial charge in [-0.3, -0.25) is 9.59 Å². The van der Waals surface area contributed by atoms with Gasteiger partial charge in [0, 0.05) is 34.9 Å². The molecule has 1 saturated heterocycles. The summed E-state index contributed by atoms with van der Waals surface area (Å²) in [4.78, 5) is 26.2. The van der Waals surface area contributed by atoms with Crippen molar-refractivity contribution < 1.29 is 14.0 Å². The van der Waals surface area contributed by atoms with E-state index in [9.17, 15) is 9.59 Å². The van der Waals surface area contributed by atoms with Crippen molar-refractivity contribution in [1.29, 1.82) is 0 Å². The summed E-state index contributed by atoms with van der Waals surface area (Å²) >= 11 is 13.5. The van der Waals surface area contributed by atoms with Crippen LogP contribution in [0.5, 0.6) is 0 Å². The average molecular weight is 427 g/mol. The molecule has 2 heterocycles. The van der Waals surface area contributed by atoms with Gasteiger partial charge in [0.1, 0.15) is 0 Å². The van der Waals surface area contributed by atoms with E-state index in [-0.39, 0.29) is 17.9 Å². The topological polar surface area (TPSA) is 62.6 Å². The molecule has 0 atom stereocenters. The van der Waals surface area contributed by atoms with Crippen LogP contribution in [0.1, 0.15) is 29.0 Å². The molecule has 144 valence electrons. The molecule has 0 unspecified atom stereocenters. The van der Waals surface area contributed by atoms with Crippen molar-refractivity contribution in [2.45, 2.75) is 24.6 Å². The van der Waals surface area contributed by atoms with Gasteiger partial charge in [-0.25, -0.2) is 0 Å². The Hall–Kier alpha value is -1.63. The van der Waals surface area contributed by atoms with E-state index >= 15 is 0 Å². The van der Waals surface area contributed by atoms with Gasteiger partial charge in [0.05, 0.1) is 12.0 Å². The van der Waals surface area contributed by atoms with Crippen molar-refractivity contribution in [3.8, 4) is 0 Å². The Labute approximate surface area is 172 Å². The molecule has 1 aromatic carbocycles. The second kappa shape index (κ2) is 9.53. The van der Waals surface area contributed by atoms with E-state index in [4.69, 9.17) is 27.6 Å². The van der Waals surface area contributed by atoms with Gasteiger partial charge in [0.25, 0.3) is 5.91 Å². The van der Waals surface area contributed by atoms with Gasteiger partial charge in [-0.1, -0.05) is 29.3 Å². The molecule has 8 heteroatoms. The summed E-state index contributed by atoms with van der Waals surface area (Å²) in [5.41, 5.74) is 0.962. The standard InChI is InChI=1S/C19H20Cl2N2O3S/c20-14-4-3-13(16(21)10-14)11-27-12-18(24)22-15-5-7-23(8-6-15)19(25)17-2-1-9-26-17/h1-4,9-10,15H,5-8,11-12H2,(H,22,24). The minimum absolute atomic E-state index is 0.000831. The normalized spacial score (nSPS) is 15.0. The molecule has 5 nitrogen and oxygen atoms in total. The number of furan rings is 1. The Morgan fingerprint density at radius 1 is 1.22 bits per heavy atom. The van der Waals surface area contributed by atoms with Crippen molar-refractivity contribution >= 4 is 46.8 Å². The molecule has 0 aliphatic carbocycles. The largest absolute Gasteiger partial charge is 0.459 e. The van der Waals surface area contributed by atoms with Crippen molar-refractivity contribution in [1.82, 2.24) is 10.2 Å². The molecule has 0 saturated carbocycles. The van der Waals surface area contributed by atoms with E-state index in [2.05, 4.69) is 5.32 Å². The number of amides is 2. The van der Waals surface area contributed by atoms with Crippen LogP contribution in [-0.2, 0) is 10.5 Å². The summed E-state index contributed by atoms with van der Waals surface area (Å²) in [6, 6.07) is 8.84. The van der Waals surface area contributed by atoms with E-state index in [1.807, 2.05) is 6.07 Å². The maximum Gasteiger partial charge on any atom is 0.289 e. The Morgan fingerprint density at radius 3 is 2.67 bits per heavy atom. The van der Waals surface area contributed by atoms with Gasteiger partial charge < -0.3 is 14.6 Å². The number of piperidine rings is 1. The second-order valence-corrected chi connectivity index (χ2v) is 8.17. The van der Waals surface area contributed by atoms with Crippen LogP contribution in [0.15, 0.2) is 41.0 Å². The van der Waals surface area contributed by atoms with Crippen molar-refractivity contribution in [3.63, 3.8) is 0 Å². The third kappa shape index (κ3) is 5.67. The number of halogens is 2. The highest BCUT2D eigenvalue weighted by molar-refractivity contribution is 7.99. The van der Waals surface area contributed by atoms with Gasteiger partial charge in [-0.2, -0.15) is 0 Å². The summed E-state index contributed by atoms with van der Waals surface area (Å²) in [6.07, 6.45) is 2.98. The number of nitrogens with zero attached hydrogens (tertiary/aromatic N) is 1. The lowest BCUT2D eigenvalue weighted by Crippen LogP contribution is -2.46. The summed E-state index contributed by atoms with van der Waals surface area (Å²) in [5, 5.41) is 4.26. The maximum atomic E-state index is 12.2. The SMILES string of the molecule is O=C(CSCc1ccc(Cl)cc1Cl)NC1CCN(C(=O)c2ccco2)CC1. The molecule has 27 heavy (non-hydrogen) atoms. The third-order valence-electron chi connectivity index (χ3n) is 4.39. The molecule has 0 radical (unpaired) electrons. The Bertz CT molecular complexity index is 790. The van der Waals surface area contributed by atoms with Crippen LogP contribution in [0.2, 0.25) is 10.0 Å². The molecule has 1 fully saturated rings. The van der Waals surface area contributed by atoms with Crippen molar-refractivity contribution in [3.05, 3.63) is 58.0 Å². The summed E-state index contributed by atoms with van der Waals surface area (Å²) < 4.78 is 5.16. The first kappa shape index (κ1) is 20.1. The second-order valence-electron chi connectivity index (χ2n) is 6.34. The van der Waals surface area contributed by atoms with E-state index in [0.29, 0.717) is 40.4 Å². The molecule has 1 aliphatic heterocycles. The molecular formula is C19H20Cl2N2O3S. The number of carbonyl (C=O) groups is 2. The highest BCUT2D eigenvalue weighted by atomic mass is 35.5. The zero-order valence-electron chi connectivity index (χ0n) is 14.6. The monoisotopic (exact) mass is 426 g/mol. The fourth-order valence-electron chi connectivity index (χ4n) is 2.94. The van der Waals surface area contributed by atoms with Crippen LogP contribution < -0.4 is 5.32 Å². The van der Waals surface area contributed by atoms with Crippen molar-refractivity contribution in [2.24, 2.45) is 0 Å². The molecule has 2 aromatic rings.